The van der Waals surface area contributed by atoms with Gasteiger partial charge in [-0.25, -0.2) is 9.78 Å². The molecule has 0 aliphatic carbocycles. The number of hydrogen-bond acceptors (Lipinski definition) is 4. The van der Waals surface area contributed by atoms with Crippen molar-refractivity contribution in [1.82, 2.24) is 15.3 Å². The minimum atomic E-state index is -0.278. The van der Waals surface area contributed by atoms with Crippen LogP contribution in [0.3, 0.4) is 0 Å². The molecule has 0 saturated carbocycles. The highest BCUT2D eigenvalue weighted by atomic mass is 16.5. The maximum atomic E-state index is 12.4. The first-order valence-electron chi connectivity index (χ1n) is 9.18. The number of nitrogens with one attached hydrogen (secondary N) is 4. The normalized spacial score (nSPS) is 16.1. The minimum absolute atomic E-state index is 0.101. The number of amides is 3. The van der Waals surface area contributed by atoms with Crippen LogP contribution in [-0.2, 0) is 4.74 Å². The van der Waals surface area contributed by atoms with Crippen LogP contribution in [0.2, 0.25) is 0 Å². The van der Waals surface area contributed by atoms with Crippen molar-refractivity contribution >= 4 is 34.3 Å². The van der Waals surface area contributed by atoms with Gasteiger partial charge in [0.1, 0.15) is 0 Å². The average molecular weight is 379 g/mol. The topological polar surface area (TPSA) is 108 Å². The zero-order chi connectivity index (χ0) is 19.3. The van der Waals surface area contributed by atoms with Gasteiger partial charge in [0.25, 0.3) is 5.91 Å². The Balaban J connectivity index is 1.31. The summed E-state index contributed by atoms with van der Waals surface area (Å²) < 4.78 is 5.47. The highest BCUT2D eigenvalue weighted by Crippen LogP contribution is 2.17. The summed E-state index contributed by atoms with van der Waals surface area (Å²) in [6.45, 7) is 1.26. The first kappa shape index (κ1) is 18.0. The van der Waals surface area contributed by atoms with Crippen molar-refractivity contribution < 1.29 is 14.3 Å². The molecule has 1 aliphatic rings. The zero-order valence-corrected chi connectivity index (χ0v) is 15.2. The lowest BCUT2D eigenvalue weighted by Crippen LogP contribution is -2.35. The Bertz CT molecular complexity index is 977. The van der Waals surface area contributed by atoms with Crippen LogP contribution in [-0.4, -0.2) is 41.2 Å². The number of aromatic amines is 1. The smallest absolute Gasteiger partial charge is 0.319 e. The number of imidazole rings is 1. The number of nitrogens with zero attached hydrogens (tertiary/aromatic N) is 1. The molecular formula is C20H21N5O3. The maximum absolute atomic E-state index is 12.4. The van der Waals surface area contributed by atoms with Crippen LogP contribution in [0.4, 0.5) is 16.2 Å². The lowest BCUT2D eigenvalue weighted by molar-refractivity contribution is 0.102. The Morgan fingerprint density at radius 1 is 1.11 bits per heavy atom. The van der Waals surface area contributed by atoms with Crippen LogP contribution in [0, 0.1) is 0 Å². The van der Waals surface area contributed by atoms with E-state index in [-0.39, 0.29) is 18.0 Å². The van der Waals surface area contributed by atoms with Crippen LogP contribution < -0.4 is 16.0 Å². The van der Waals surface area contributed by atoms with E-state index in [1.54, 1.807) is 48.8 Å². The van der Waals surface area contributed by atoms with E-state index in [4.69, 9.17) is 4.74 Å². The number of H-pyrrole nitrogens is 1. The lowest BCUT2D eigenvalue weighted by atomic mass is 10.2. The van der Waals surface area contributed by atoms with Crippen molar-refractivity contribution in [3.05, 3.63) is 54.4 Å². The molecule has 8 heteroatoms. The molecule has 2 heterocycles. The number of urea groups is 1. The Morgan fingerprint density at radius 3 is 2.64 bits per heavy atom. The zero-order valence-electron chi connectivity index (χ0n) is 15.2. The third-order valence-electron chi connectivity index (χ3n) is 4.60. The van der Waals surface area contributed by atoms with Gasteiger partial charge in [0.15, 0.2) is 0 Å². The number of aromatic nitrogens is 2. The third-order valence-corrected chi connectivity index (χ3v) is 4.60. The Hall–Kier alpha value is -3.39. The monoisotopic (exact) mass is 379 g/mol. The summed E-state index contributed by atoms with van der Waals surface area (Å²) in [7, 11) is 0. The molecule has 4 rings (SSSR count). The summed E-state index contributed by atoms with van der Waals surface area (Å²) in [5.41, 5.74) is 3.43. The lowest BCUT2D eigenvalue weighted by Gasteiger charge is -2.12. The molecule has 4 N–H and O–H groups in total. The van der Waals surface area contributed by atoms with Gasteiger partial charge >= 0.3 is 6.03 Å². The molecule has 144 valence electrons. The number of rotatable bonds is 5. The van der Waals surface area contributed by atoms with Crippen molar-refractivity contribution in [2.45, 2.75) is 18.9 Å². The fourth-order valence-electron chi connectivity index (χ4n) is 3.10. The SMILES string of the molecule is O=C(NC[C@@H]1CCCO1)Nc1ccc(NC(=O)c2ccc3nc[nH]c3c2)cc1. The van der Waals surface area contributed by atoms with Crippen molar-refractivity contribution in [3.63, 3.8) is 0 Å². The van der Waals surface area contributed by atoms with Gasteiger partial charge in [-0.2, -0.15) is 0 Å². The van der Waals surface area contributed by atoms with Crippen LogP contribution in [0.1, 0.15) is 23.2 Å². The molecule has 1 atom stereocenters. The van der Waals surface area contributed by atoms with E-state index in [0.29, 0.717) is 23.5 Å². The second-order valence-corrected chi connectivity index (χ2v) is 6.64. The molecular weight excluding hydrogens is 358 g/mol. The number of ether oxygens (including phenoxy) is 1. The van der Waals surface area contributed by atoms with E-state index in [1.165, 1.54) is 0 Å². The van der Waals surface area contributed by atoms with E-state index in [1.807, 2.05) is 0 Å². The first-order chi connectivity index (χ1) is 13.7. The average Bonchev–Trinajstić information content (AvgIpc) is 3.39. The molecule has 0 radical (unpaired) electrons. The number of anilines is 2. The molecule has 28 heavy (non-hydrogen) atoms. The molecule has 1 aliphatic heterocycles. The summed E-state index contributed by atoms with van der Waals surface area (Å²) in [5.74, 6) is -0.216. The van der Waals surface area contributed by atoms with Gasteiger partial charge in [0.05, 0.1) is 23.5 Å². The van der Waals surface area contributed by atoms with E-state index < -0.39 is 0 Å². The predicted molar refractivity (Wildman–Crippen MR) is 106 cm³/mol. The number of carbonyl (C=O) groups is 2. The summed E-state index contributed by atoms with van der Waals surface area (Å²) in [6.07, 6.45) is 3.71. The van der Waals surface area contributed by atoms with Gasteiger partial charge < -0.3 is 25.7 Å². The fourth-order valence-corrected chi connectivity index (χ4v) is 3.10. The number of benzene rings is 2. The molecule has 1 fully saturated rings. The Kier molecular flexibility index (Phi) is 5.20. The highest BCUT2D eigenvalue weighted by Gasteiger charge is 2.16. The Morgan fingerprint density at radius 2 is 1.89 bits per heavy atom. The van der Waals surface area contributed by atoms with Gasteiger partial charge in [-0.3, -0.25) is 4.79 Å². The standard InChI is InChI=1S/C20H21N5O3/c26-19(13-3-8-17-18(10-13)23-12-22-17)24-14-4-6-15(7-5-14)25-20(27)21-11-16-2-1-9-28-16/h3-8,10,12,16H,1-2,9,11H2,(H,22,23)(H,24,26)(H2,21,25,27)/t16-/m0/s1. The second kappa shape index (κ2) is 8.10. The van der Waals surface area contributed by atoms with Crippen molar-refractivity contribution in [1.29, 1.82) is 0 Å². The largest absolute Gasteiger partial charge is 0.376 e. The van der Waals surface area contributed by atoms with Gasteiger partial charge in [0.2, 0.25) is 0 Å². The van der Waals surface area contributed by atoms with E-state index in [9.17, 15) is 9.59 Å². The van der Waals surface area contributed by atoms with Crippen LogP contribution in [0.5, 0.6) is 0 Å². The van der Waals surface area contributed by atoms with Crippen molar-refractivity contribution in [2.24, 2.45) is 0 Å². The molecule has 0 bridgehead atoms. The van der Waals surface area contributed by atoms with Gasteiger partial charge in [-0.1, -0.05) is 0 Å². The van der Waals surface area contributed by atoms with Gasteiger partial charge in [-0.05, 0) is 55.3 Å². The van der Waals surface area contributed by atoms with E-state index in [2.05, 4.69) is 25.9 Å². The van der Waals surface area contributed by atoms with Crippen LogP contribution in [0.25, 0.3) is 11.0 Å². The van der Waals surface area contributed by atoms with Crippen molar-refractivity contribution in [2.75, 3.05) is 23.8 Å². The first-order valence-corrected chi connectivity index (χ1v) is 9.18. The minimum Gasteiger partial charge on any atom is -0.376 e. The quantitative estimate of drug-likeness (QED) is 0.546. The summed E-state index contributed by atoms with van der Waals surface area (Å²) in [6, 6.07) is 11.9. The van der Waals surface area contributed by atoms with Crippen LogP contribution >= 0.6 is 0 Å². The molecule has 3 aromatic rings. The second-order valence-electron chi connectivity index (χ2n) is 6.64. The predicted octanol–water partition coefficient (Wildman–Crippen LogP) is 3.12. The number of carbonyl (C=O) groups excluding carboxylic acids is 2. The van der Waals surface area contributed by atoms with Crippen molar-refractivity contribution in [3.8, 4) is 0 Å². The molecule has 1 saturated heterocycles. The summed E-state index contributed by atoms with van der Waals surface area (Å²) in [5, 5.41) is 8.41. The maximum Gasteiger partial charge on any atom is 0.319 e. The van der Waals surface area contributed by atoms with Gasteiger partial charge in [0, 0.05) is 30.1 Å². The fraction of sp³-hybridized carbons (Fsp3) is 0.250. The van der Waals surface area contributed by atoms with Gasteiger partial charge in [-0.15, -0.1) is 0 Å². The summed E-state index contributed by atoms with van der Waals surface area (Å²) >= 11 is 0. The molecule has 3 amide bonds. The molecule has 8 nitrogen and oxygen atoms in total. The summed E-state index contributed by atoms with van der Waals surface area (Å²) in [4.78, 5) is 31.5. The highest BCUT2D eigenvalue weighted by molar-refractivity contribution is 6.06. The Labute approximate surface area is 161 Å². The molecule has 2 aromatic carbocycles. The van der Waals surface area contributed by atoms with E-state index >= 15 is 0 Å². The molecule has 1 aromatic heterocycles. The molecule has 0 unspecified atom stereocenters. The number of hydrogen-bond donors (Lipinski definition) is 4. The van der Waals surface area contributed by atoms with Crippen LogP contribution in [0.15, 0.2) is 48.8 Å². The van der Waals surface area contributed by atoms with E-state index in [0.717, 1.165) is 30.5 Å². The third kappa shape index (κ3) is 4.29. The number of fused-ring (bicyclic) bond motifs is 1. The molecule has 0 spiro atoms.